The van der Waals surface area contributed by atoms with Gasteiger partial charge >= 0.3 is 0 Å². The summed E-state index contributed by atoms with van der Waals surface area (Å²) in [6.07, 6.45) is 0. The minimum absolute atomic E-state index is 0.442. The van der Waals surface area contributed by atoms with Crippen molar-refractivity contribution in [1.82, 2.24) is 9.97 Å². The molecule has 0 saturated carbocycles. The fourth-order valence-electron chi connectivity index (χ4n) is 3.47. The summed E-state index contributed by atoms with van der Waals surface area (Å²) in [6, 6.07) is 14.8. The molecule has 3 aromatic carbocycles. The molecule has 8 heteroatoms. The lowest BCUT2D eigenvalue weighted by molar-refractivity contribution is -0.432. The number of hydrogen-bond acceptors (Lipinski definition) is 7. The predicted molar refractivity (Wildman–Crippen MR) is 112 cm³/mol. The molecule has 0 atom stereocenters. The van der Waals surface area contributed by atoms with Gasteiger partial charge in [0.05, 0.1) is 34.5 Å². The number of rotatable bonds is 4. The molecule has 4 aromatic rings. The van der Waals surface area contributed by atoms with E-state index in [2.05, 4.69) is 9.37 Å². The van der Waals surface area contributed by atoms with Gasteiger partial charge < -0.3 is 5.73 Å². The van der Waals surface area contributed by atoms with Crippen molar-refractivity contribution in [3.05, 3.63) is 54.1 Å². The molecule has 0 fully saturated rings. The van der Waals surface area contributed by atoms with Gasteiger partial charge in [-0.05, 0) is 35.7 Å². The summed E-state index contributed by atoms with van der Waals surface area (Å²) in [5.41, 5.74) is 10.6. The molecule has 0 unspecified atom stereocenters. The normalized spacial score (nSPS) is 11.3. The molecule has 3 N–H and O–H groups in total. The number of carbonyl (C=O) groups is 1. The maximum atomic E-state index is 11.7. The van der Waals surface area contributed by atoms with Crippen molar-refractivity contribution in [2.45, 2.75) is 18.7 Å². The van der Waals surface area contributed by atoms with Crippen molar-refractivity contribution >= 4 is 39.8 Å². The Morgan fingerprint density at radius 1 is 1.00 bits per heavy atom. The lowest BCUT2D eigenvalue weighted by atomic mass is 10.0. The molecule has 1 aliphatic carbocycles. The third-order valence-corrected chi connectivity index (χ3v) is 5.14. The van der Waals surface area contributed by atoms with E-state index in [0.29, 0.717) is 21.5 Å². The average molecular weight is 407 g/mol. The summed E-state index contributed by atoms with van der Waals surface area (Å²) < 4.78 is 4.47. The van der Waals surface area contributed by atoms with Crippen LogP contribution in [0.5, 0.6) is 0 Å². The maximum Gasteiger partial charge on any atom is 0.248 e. The molecule has 146 valence electrons. The van der Waals surface area contributed by atoms with Crippen LogP contribution in [0.2, 0.25) is 0 Å². The topological polar surface area (TPSA) is 108 Å². The summed E-state index contributed by atoms with van der Waals surface area (Å²) in [5, 5.41) is 13.9. The highest BCUT2D eigenvalue weighted by Crippen LogP contribution is 2.46. The largest absolute Gasteiger partial charge is 0.366 e. The third kappa shape index (κ3) is 3.22. The molecule has 29 heavy (non-hydrogen) atoms. The number of primary amides is 1. The second kappa shape index (κ2) is 7.76. The molecule has 0 radical (unpaired) electrons. The van der Waals surface area contributed by atoms with Crippen molar-refractivity contribution in [2.24, 2.45) is 5.73 Å². The average Bonchev–Trinajstić information content (AvgIpc) is 3.06. The number of carbonyl (C=O) groups excluding carboxylic acids is 1. The highest BCUT2D eigenvalue weighted by molar-refractivity contribution is 7.94. The van der Waals surface area contributed by atoms with Crippen LogP contribution in [-0.4, -0.2) is 21.1 Å². The quantitative estimate of drug-likeness (QED) is 0.246. The zero-order valence-electron chi connectivity index (χ0n) is 15.7. The van der Waals surface area contributed by atoms with Gasteiger partial charge in [-0.25, -0.2) is 15.2 Å². The number of fused-ring (bicyclic) bond motifs is 4. The first kappa shape index (κ1) is 19.3. The van der Waals surface area contributed by atoms with E-state index < -0.39 is 5.91 Å². The Kier molecular flexibility index (Phi) is 5.16. The van der Waals surface area contributed by atoms with Crippen molar-refractivity contribution in [3.8, 4) is 22.5 Å². The van der Waals surface area contributed by atoms with Crippen LogP contribution in [0.25, 0.3) is 44.3 Å². The Bertz CT molecular complexity index is 1260. The molecule has 0 aliphatic heterocycles. The van der Waals surface area contributed by atoms with E-state index in [0.717, 1.165) is 45.3 Å². The van der Waals surface area contributed by atoms with Crippen LogP contribution < -0.4 is 5.73 Å². The fourth-order valence-corrected chi connectivity index (χ4v) is 3.86. The van der Waals surface area contributed by atoms with Crippen LogP contribution in [-0.2, 0) is 9.37 Å². The van der Waals surface area contributed by atoms with Crippen LogP contribution >= 0.6 is 12.0 Å². The minimum atomic E-state index is -0.478. The van der Waals surface area contributed by atoms with Crippen LogP contribution in [0.1, 0.15) is 24.2 Å². The van der Waals surface area contributed by atoms with E-state index in [4.69, 9.17) is 21.0 Å². The first-order chi connectivity index (χ1) is 14.2. The second-order valence-corrected chi connectivity index (χ2v) is 6.86. The second-order valence-electron chi connectivity index (χ2n) is 6.09. The van der Waals surface area contributed by atoms with Gasteiger partial charge in [0.15, 0.2) is 0 Å². The first-order valence-corrected chi connectivity index (χ1v) is 9.74. The van der Waals surface area contributed by atoms with Gasteiger partial charge in [0.1, 0.15) is 0 Å². The van der Waals surface area contributed by atoms with Gasteiger partial charge in [0, 0.05) is 27.0 Å². The van der Waals surface area contributed by atoms with E-state index in [1.165, 1.54) is 0 Å². The summed E-state index contributed by atoms with van der Waals surface area (Å²) in [6.45, 7) is 4.00. The molecule has 0 spiro atoms. The molecule has 5 rings (SSSR count). The van der Waals surface area contributed by atoms with Crippen molar-refractivity contribution < 1.29 is 19.4 Å². The lowest BCUT2D eigenvalue weighted by Gasteiger charge is -2.05. The zero-order chi connectivity index (χ0) is 20.5. The van der Waals surface area contributed by atoms with Gasteiger partial charge in [-0.2, -0.15) is 0 Å². The highest BCUT2D eigenvalue weighted by atomic mass is 32.2. The first-order valence-electron chi connectivity index (χ1n) is 8.99. The predicted octanol–water partition coefficient (Wildman–Crippen LogP) is 4.98. The summed E-state index contributed by atoms with van der Waals surface area (Å²) in [4.78, 5) is 22.0. The van der Waals surface area contributed by atoms with Crippen LogP contribution in [0, 0.1) is 0 Å². The Balaban J connectivity index is 0.000000994. The van der Waals surface area contributed by atoms with Gasteiger partial charge in [-0.3, -0.25) is 4.79 Å². The number of hydrogen-bond donors (Lipinski definition) is 2. The molecule has 1 aromatic heterocycles. The Hall–Kier alpha value is -3.04. The van der Waals surface area contributed by atoms with Gasteiger partial charge in [0.2, 0.25) is 5.91 Å². The monoisotopic (exact) mass is 407 g/mol. The van der Waals surface area contributed by atoms with Crippen molar-refractivity contribution in [2.75, 3.05) is 0 Å². The number of amides is 1. The molecule has 7 nitrogen and oxygen atoms in total. The molecular formula is C21H17N3O4S. The molecule has 0 saturated heterocycles. The van der Waals surface area contributed by atoms with Crippen LogP contribution in [0.15, 0.2) is 53.4 Å². The Morgan fingerprint density at radius 2 is 1.76 bits per heavy atom. The molecule has 0 bridgehead atoms. The lowest BCUT2D eigenvalue weighted by Crippen LogP contribution is -2.10. The van der Waals surface area contributed by atoms with E-state index in [9.17, 15) is 4.79 Å². The minimum Gasteiger partial charge on any atom is -0.366 e. The van der Waals surface area contributed by atoms with E-state index in [-0.39, 0.29) is 0 Å². The van der Waals surface area contributed by atoms with Gasteiger partial charge in [-0.1, -0.05) is 37.1 Å². The zero-order valence-corrected chi connectivity index (χ0v) is 16.5. The number of aromatic nitrogens is 2. The highest BCUT2D eigenvalue weighted by Gasteiger charge is 2.26. The maximum absolute atomic E-state index is 11.7. The Labute approximate surface area is 170 Å². The molecule has 1 amide bonds. The summed E-state index contributed by atoms with van der Waals surface area (Å²) in [7, 11) is 0. The number of nitrogens with zero attached hydrogens (tertiary/aromatic N) is 2. The van der Waals surface area contributed by atoms with E-state index in [1.54, 1.807) is 24.3 Å². The SMILES string of the molecule is CC.NC(=O)c1cc2c3c(cccc3c1)-c1nc3cc(SOOO)ccc3nc1-2. The van der Waals surface area contributed by atoms with Crippen molar-refractivity contribution in [3.63, 3.8) is 0 Å². The number of nitrogens with two attached hydrogens (primary N) is 1. The molecule has 1 heterocycles. The number of benzene rings is 3. The van der Waals surface area contributed by atoms with Gasteiger partial charge in [0.25, 0.3) is 0 Å². The smallest absolute Gasteiger partial charge is 0.248 e. The molecule has 1 aliphatic rings. The third-order valence-electron chi connectivity index (χ3n) is 4.57. The summed E-state index contributed by atoms with van der Waals surface area (Å²) in [5.74, 6) is -0.478. The Morgan fingerprint density at radius 3 is 2.52 bits per heavy atom. The van der Waals surface area contributed by atoms with E-state index in [1.807, 2.05) is 38.1 Å². The fraction of sp³-hybridized carbons (Fsp3) is 0.0952. The molecular weight excluding hydrogens is 390 g/mol. The van der Waals surface area contributed by atoms with Crippen molar-refractivity contribution in [1.29, 1.82) is 0 Å². The van der Waals surface area contributed by atoms with E-state index >= 15 is 0 Å². The van der Waals surface area contributed by atoms with Crippen LogP contribution in [0.4, 0.5) is 0 Å². The van der Waals surface area contributed by atoms with Gasteiger partial charge in [-0.15, -0.1) is 4.33 Å². The van der Waals surface area contributed by atoms with Crippen LogP contribution in [0.3, 0.4) is 0 Å². The summed E-state index contributed by atoms with van der Waals surface area (Å²) >= 11 is 0.864. The standard InChI is InChI=1S/C19H11N3O4S.C2H6/c20-19(23)10-6-9-2-1-3-12-16(9)13(7-10)18-17(12)22-15-8-11(27-26-25-24)4-5-14(15)21-18;1-2/h1-8,24H,(H2,20,23);1-2H3.